The quantitative estimate of drug-likeness (QED) is 0.702. The Morgan fingerprint density at radius 1 is 1.10 bits per heavy atom. The van der Waals surface area contributed by atoms with E-state index in [2.05, 4.69) is 31.6 Å². The summed E-state index contributed by atoms with van der Waals surface area (Å²) in [5.41, 5.74) is 3.69. The standard InChI is InChI=1S/C22H26N6O/c1-27-20(13-19(26-27)15-5-3-2-4-6-15)22(29)23-17-9-11-28(12-10-17)21-14-18(24-25-21)16-7-8-16/h2-6,13-14,16-17H,7-12H2,1H3,(H,23,29)(H,24,25). The smallest absolute Gasteiger partial charge is 0.269 e. The first kappa shape index (κ1) is 18.0. The third-order valence-corrected chi connectivity index (χ3v) is 5.94. The van der Waals surface area contributed by atoms with Crippen molar-refractivity contribution in [1.29, 1.82) is 0 Å². The van der Waals surface area contributed by atoms with Crippen LogP contribution in [0, 0.1) is 0 Å². The van der Waals surface area contributed by atoms with Crippen molar-refractivity contribution in [2.45, 2.75) is 37.6 Å². The normalized spacial score (nSPS) is 17.5. The van der Waals surface area contributed by atoms with E-state index in [1.165, 1.54) is 18.5 Å². The molecule has 1 aliphatic carbocycles. The Balaban J connectivity index is 1.19. The summed E-state index contributed by atoms with van der Waals surface area (Å²) in [5.74, 6) is 1.67. The maximum atomic E-state index is 12.8. The number of nitrogens with zero attached hydrogens (tertiary/aromatic N) is 4. The SMILES string of the molecule is Cn1nc(-c2ccccc2)cc1C(=O)NC1CCN(c2cc(C3CC3)[nH]n2)CC1. The fraction of sp³-hybridized carbons (Fsp3) is 0.409. The molecule has 0 spiro atoms. The summed E-state index contributed by atoms with van der Waals surface area (Å²) in [5, 5.41) is 15.4. The number of aromatic nitrogens is 4. The molecule has 1 saturated heterocycles. The Hall–Kier alpha value is -3.09. The lowest BCUT2D eigenvalue weighted by Crippen LogP contribution is -2.45. The van der Waals surface area contributed by atoms with Gasteiger partial charge in [0.2, 0.25) is 0 Å². The molecule has 2 aromatic heterocycles. The summed E-state index contributed by atoms with van der Waals surface area (Å²) in [6.45, 7) is 1.81. The molecule has 2 aliphatic rings. The van der Waals surface area contributed by atoms with Crippen LogP contribution in [0.3, 0.4) is 0 Å². The number of amides is 1. The van der Waals surface area contributed by atoms with Crippen LogP contribution in [-0.4, -0.2) is 45.0 Å². The van der Waals surface area contributed by atoms with Gasteiger partial charge in [-0.2, -0.15) is 10.2 Å². The number of H-pyrrole nitrogens is 1. The van der Waals surface area contributed by atoms with E-state index in [1.807, 2.05) is 43.4 Å². The van der Waals surface area contributed by atoms with Gasteiger partial charge in [-0.3, -0.25) is 14.6 Å². The summed E-state index contributed by atoms with van der Waals surface area (Å²) in [6, 6.07) is 14.2. The predicted octanol–water partition coefficient (Wildman–Crippen LogP) is 3.09. The average molecular weight is 390 g/mol. The molecule has 0 bridgehead atoms. The lowest BCUT2D eigenvalue weighted by atomic mass is 10.0. The number of aromatic amines is 1. The molecule has 1 aliphatic heterocycles. The number of rotatable bonds is 5. The van der Waals surface area contributed by atoms with Crippen LogP contribution in [0.25, 0.3) is 11.3 Å². The minimum Gasteiger partial charge on any atom is -0.355 e. The third kappa shape index (κ3) is 3.77. The second kappa shape index (κ2) is 7.39. The van der Waals surface area contributed by atoms with Crippen molar-refractivity contribution < 1.29 is 4.79 Å². The monoisotopic (exact) mass is 390 g/mol. The fourth-order valence-corrected chi connectivity index (χ4v) is 4.03. The molecule has 1 amide bonds. The number of benzene rings is 1. The summed E-state index contributed by atoms with van der Waals surface area (Å²) in [7, 11) is 1.82. The maximum absolute atomic E-state index is 12.8. The highest BCUT2D eigenvalue weighted by Gasteiger charge is 2.28. The van der Waals surface area contributed by atoms with Crippen LogP contribution in [-0.2, 0) is 7.05 Å². The van der Waals surface area contributed by atoms with Crippen LogP contribution >= 0.6 is 0 Å². The summed E-state index contributed by atoms with van der Waals surface area (Å²) in [6.07, 6.45) is 4.38. The molecule has 29 heavy (non-hydrogen) atoms. The van der Waals surface area contributed by atoms with Crippen molar-refractivity contribution in [3.63, 3.8) is 0 Å². The molecular formula is C22H26N6O. The molecule has 0 unspecified atom stereocenters. The summed E-state index contributed by atoms with van der Waals surface area (Å²) in [4.78, 5) is 15.1. The molecule has 0 radical (unpaired) electrons. The van der Waals surface area contributed by atoms with Crippen molar-refractivity contribution in [1.82, 2.24) is 25.3 Å². The maximum Gasteiger partial charge on any atom is 0.269 e. The number of carbonyl (C=O) groups excluding carboxylic acids is 1. The van der Waals surface area contributed by atoms with Crippen LogP contribution < -0.4 is 10.2 Å². The number of carbonyl (C=O) groups is 1. The molecule has 1 aromatic carbocycles. The van der Waals surface area contributed by atoms with Crippen LogP contribution in [0.1, 0.15) is 47.8 Å². The highest BCUT2D eigenvalue weighted by Crippen LogP contribution is 2.40. The van der Waals surface area contributed by atoms with Gasteiger partial charge < -0.3 is 10.2 Å². The molecule has 7 nitrogen and oxygen atoms in total. The first-order valence-electron chi connectivity index (χ1n) is 10.4. The molecule has 0 atom stereocenters. The van der Waals surface area contributed by atoms with Crippen molar-refractivity contribution in [2.24, 2.45) is 7.05 Å². The van der Waals surface area contributed by atoms with Gasteiger partial charge in [0.15, 0.2) is 5.82 Å². The summed E-state index contributed by atoms with van der Waals surface area (Å²) >= 11 is 0. The second-order valence-electron chi connectivity index (χ2n) is 8.09. The van der Waals surface area contributed by atoms with Gasteiger partial charge >= 0.3 is 0 Å². The number of nitrogens with one attached hydrogen (secondary N) is 2. The van der Waals surface area contributed by atoms with Crippen LogP contribution in [0.4, 0.5) is 5.82 Å². The molecule has 2 N–H and O–H groups in total. The lowest BCUT2D eigenvalue weighted by molar-refractivity contribution is 0.0921. The van der Waals surface area contributed by atoms with E-state index in [-0.39, 0.29) is 11.9 Å². The molecular weight excluding hydrogens is 364 g/mol. The van der Waals surface area contributed by atoms with Crippen molar-refractivity contribution in [3.8, 4) is 11.3 Å². The zero-order valence-corrected chi connectivity index (χ0v) is 16.6. The Bertz CT molecular complexity index is 995. The molecule has 1 saturated carbocycles. The number of hydrogen-bond acceptors (Lipinski definition) is 4. The zero-order chi connectivity index (χ0) is 19.8. The number of anilines is 1. The molecule has 3 heterocycles. The number of piperidine rings is 1. The second-order valence-corrected chi connectivity index (χ2v) is 8.09. The van der Waals surface area contributed by atoms with E-state index in [0.29, 0.717) is 11.6 Å². The van der Waals surface area contributed by atoms with E-state index >= 15 is 0 Å². The molecule has 7 heteroatoms. The zero-order valence-electron chi connectivity index (χ0n) is 16.6. The third-order valence-electron chi connectivity index (χ3n) is 5.94. The van der Waals surface area contributed by atoms with E-state index in [4.69, 9.17) is 0 Å². The molecule has 5 rings (SSSR count). The lowest BCUT2D eigenvalue weighted by Gasteiger charge is -2.32. The van der Waals surface area contributed by atoms with Crippen molar-refractivity contribution in [3.05, 3.63) is 53.9 Å². The Kier molecular flexibility index (Phi) is 4.58. The van der Waals surface area contributed by atoms with Gasteiger partial charge in [-0.25, -0.2) is 0 Å². The van der Waals surface area contributed by atoms with Gasteiger partial charge in [-0.15, -0.1) is 0 Å². The highest BCUT2D eigenvalue weighted by atomic mass is 16.2. The van der Waals surface area contributed by atoms with Crippen molar-refractivity contribution >= 4 is 11.7 Å². The Morgan fingerprint density at radius 3 is 2.59 bits per heavy atom. The molecule has 2 fully saturated rings. The fourth-order valence-electron chi connectivity index (χ4n) is 4.03. The minimum atomic E-state index is -0.0589. The van der Waals surface area contributed by atoms with Gasteiger partial charge in [-0.05, 0) is 31.7 Å². The van der Waals surface area contributed by atoms with E-state index in [9.17, 15) is 4.79 Å². The largest absolute Gasteiger partial charge is 0.355 e. The topological polar surface area (TPSA) is 78.8 Å². The first-order valence-corrected chi connectivity index (χ1v) is 10.4. The van der Waals surface area contributed by atoms with Crippen LogP contribution in [0.5, 0.6) is 0 Å². The van der Waals surface area contributed by atoms with E-state index < -0.39 is 0 Å². The van der Waals surface area contributed by atoms with Crippen molar-refractivity contribution in [2.75, 3.05) is 18.0 Å². The van der Waals surface area contributed by atoms with Gasteiger partial charge in [0.25, 0.3) is 5.91 Å². The van der Waals surface area contributed by atoms with Gasteiger partial charge in [0, 0.05) is 49.4 Å². The average Bonchev–Trinajstić information content (AvgIpc) is 3.34. The van der Waals surface area contributed by atoms with Gasteiger partial charge in [0.05, 0.1) is 5.69 Å². The van der Waals surface area contributed by atoms with E-state index in [0.717, 1.165) is 43.0 Å². The Labute approximate surface area is 170 Å². The number of hydrogen-bond donors (Lipinski definition) is 2. The summed E-state index contributed by atoms with van der Waals surface area (Å²) < 4.78 is 1.66. The minimum absolute atomic E-state index is 0.0589. The van der Waals surface area contributed by atoms with Gasteiger partial charge in [-0.1, -0.05) is 30.3 Å². The van der Waals surface area contributed by atoms with Gasteiger partial charge in [0.1, 0.15) is 5.69 Å². The highest BCUT2D eigenvalue weighted by molar-refractivity contribution is 5.93. The van der Waals surface area contributed by atoms with E-state index in [1.54, 1.807) is 4.68 Å². The Morgan fingerprint density at radius 2 is 1.86 bits per heavy atom. The van der Waals surface area contributed by atoms with Crippen LogP contribution in [0.15, 0.2) is 42.5 Å². The molecule has 3 aromatic rings. The van der Waals surface area contributed by atoms with Crippen LogP contribution in [0.2, 0.25) is 0 Å². The number of aryl methyl sites for hydroxylation is 1. The molecule has 150 valence electrons. The predicted molar refractivity (Wildman–Crippen MR) is 112 cm³/mol. The first-order chi connectivity index (χ1) is 14.2.